The summed E-state index contributed by atoms with van der Waals surface area (Å²) >= 11 is 0. The van der Waals surface area contributed by atoms with Crippen molar-refractivity contribution in [2.24, 2.45) is 0 Å². The van der Waals surface area contributed by atoms with Gasteiger partial charge in [-0.2, -0.15) is 5.26 Å². The summed E-state index contributed by atoms with van der Waals surface area (Å²) < 4.78 is 4.99. The van der Waals surface area contributed by atoms with Crippen LogP contribution in [-0.2, 0) is 9.53 Å². The third-order valence-electron chi connectivity index (χ3n) is 2.40. The van der Waals surface area contributed by atoms with Crippen molar-refractivity contribution in [2.45, 2.75) is 33.8 Å². The lowest BCUT2D eigenvalue weighted by Crippen LogP contribution is -2.09. The number of esters is 1. The Hall–Kier alpha value is -1.82. The van der Waals surface area contributed by atoms with E-state index in [1.54, 1.807) is 0 Å². The molecule has 3 heteroatoms. The molecule has 0 aromatic heterocycles. The van der Waals surface area contributed by atoms with Gasteiger partial charge in [-0.25, -0.2) is 0 Å². The molecule has 0 fully saturated rings. The molecule has 0 radical (unpaired) electrons. The Labute approximate surface area is 95.7 Å². The summed E-state index contributed by atoms with van der Waals surface area (Å²) in [5, 5.41) is 9.02. The van der Waals surface area contributed by atoms with Crippen LogP contribution in [0.2, 0.25) is 0 Å². The molecule has 1 aromatic rings. The molecule has 0 aliphatic heterocycles. The molecule has 84 valence electrons. The zero-order valence-electron chi connectivity index (χ0n) is 10.00. The highest BCUT2D eigenvalue weighted by atomic mass is 16.5. The molecule has 16 heavy (non-hydrogen) atoms. The lowest BCUT2D eigenvalue weighted by Gasteiger charge is -2.16. The number of carbonyl (C=O) groups is 1. The normalized spacial score (nSPS) is 11.7. The summed E-state index contributed by atoms with van der Waals surface area (Å²) in [6, 6.07) is 5.97. The fourth-order valence-corrected chi connectivity index (χ4v) is 1.92. The number of nitrogens with zero attached hydrogens (tertiary/aromatic N) is 1. The zero-order chi connectivity index (χ0) is 12.3. The van der Waals surface area contributed by atoms with Crippen molar-refractivity contribution in [3.63, 3.8) is 0 Å². The van der Waals surface area contributed by atoms with Gasteiger partial charge in [0.05, 0.1) is 0 Å². The molecule has 3 nitrogen and oxygen atoms in total. The lowest BCUT2D eigenvalue weighted by atomic mass is 9.96. The molecule has 1 rings (SSSR count). The topological polar surface area (TPSA) is 50.1 Å². The molecule has 1 atom stereocenters. The first-order valence-electron chi connectivity index (χ1n) is 5.10. The predicted octanol–water partition coefficient (Wildman–Crippen LogP) is 2.74. The molecule has 0 aliphatic rings. The van der Waals surface area contributed by atoms with Crippen LogP contribution in [0.15, 0.2) is 12.1 Å². The molecule has 0 aliphatic carbocycles. The maximum absolute atomic E-state index is 10.9. The summed E-state index contributed by atoms with van der Waals surface area (Å²) in [5.41, 5.74) is 3.89. The van der Waals surface area contributed by atoms with E-state index in [0.29, 0.717) is 0 Å². The monoisotopic (exact) mass is 217 g/mol. The Morgan fingerprint density at radius 1 is 1.31 bits per heavy atom. The third kappa shape index (κ3) is 2.60. The molecule has 0 bridgehead atoms. The first kappa shape index (κ1) is 12.3. The largest absolute Gasteiger partial charge is 0.442 e. The van der Waals surface area contributed by atoms with Crippen LogP contribution in [0.5, 0.6) is 0 Å². The summed E-state index contributed by atoms with van der Waals surface area (Å²) in [5.74, 6) is -0.439. The van der Waals surface area contributed by atoms with E-state index < -0.39 is 12.1 Å². The molecule has 0 spiro atoms. The highest BCUT2D eigenvalue weighted by Gasteiger charge is 2.18. The van der Waals surface area contributed by atoms with Crippen molar-refractivity contribution < 1.29 is 9.53 Å². The molecular formula is C13H15NO2. The van der Waals surface area contributed by atoms with Gasteiger partial charge in [0.15, 0.2) is 0 Å². The number of rotatable bonds is 2. The van der Waals surface area contributed by atoms with Crippen LogP contribution in [0.25, 0.3) is 0 Å². The molecular weight excluding hydrogens is 202 g/mol. The SMILES string of the molecule is CC(=O)OC(C#N)c1c(C)cc(C)cc1C. The van der Waals surface area contributed by atoms with Crippen LogP contribution in [0, 0.1) is 32.1 Å². The fraction of sp³-hybridized carbons (Fsp3) is 0.385. The first-order chi connectivity index (χ1) is 7.45. The van der Waals surface area contributed by atoms with E-state index in [0.717, 1.165) is 22.3 Å². The smallest absolute Gasteiger partial charge is 0.304 e. The van der Waals surface area contributed by atoms with E-state index in [2.05, 4.69) is 0 Å². The van der Waals surface area contributed by atoms with Gasteiger partial charge in [0.2, 0.25) is 6.10 Å². The van der Waals surface area contributed by atoms with Crippen LogP contribution >= 0.6 is 0 Å². The maximum Gasteiger partial charge on any atom is 0.304 e. The van der Waals surface area contributed by atoms with E-state index in [-0.39, 0.29) is 0 Å². The van der Waals surface area contributed by atoms with Crippen molar-refractivity contribution in [1.29, 1.82) is 5.26 Å². The van der Waals surface area contributed by atoms with Gasteiger partial charge in [-0.1, -0.05) is 17.7 Å². The lowest BCUT2D eigenvalue weighted by molar-refractivity contribution is -0.144. The van der Waals surface area contributed by atoms with Crippen LogP contribution in [0.1, 0.15) is 35.3 Å². The van der Waals surface area contributed by atoms with Gasteiger partial charge in [-0.15, -0.1) is 0 Å². The fourth-order valence-electron chi connectivity index (χ4n) is 1.92. The van der Waals surface area contributed by atoms with Gasteiger partial charge in [-0.3, -0.25) is 4.79 Å². The minimum Gasteiger partial charge on any atom is -0.442 e. The second-order valence-electron chi connectivity index (χ2n) is 3.93. The molecule has 1 aromatic carbocycles. The second-order valence-corrected chi connectivity index (χ2v) is 3.93. The van der Waals surface area contributed by atoms with Crippen LogP contribution in [0.4, 0.5) is 0 Å². The highest BCUT2D eigenvalue weighted by Crippen LogP contribution is 2.25. The molecule has 0 heterocycles. The van der Waals surface area contributed by atoms with Gasteiger partial charge >= 0.3 is 5.97 Å². The number of benzene rings is 1. The van der Waals surface area contributed by atoms with E-state index >= 15 is 0 Å². The molecule has 0 saturated heterocycles. The van der Waals surface area contributed by atoms with Crippen LogP contribution < -0.4 is 0 Å². The number of hydrogen-bond acceptors (Lipinski definition) is 3. The van der Waals surface area contributed by atoms with Crippen molar-refractivity contribution in [3.05, 3.63) is 34.4 Å². The van der Waals surface area contributed by atoms with E-state index in [4.69, 9.17) is 10.00 Å². The maximum atomic E-state index is 10.9. The standard InChI is InChI=1S/C13H15NO2/c1-8-5-9(2)13(10(3)6-8)12(7-14)16-11(4)15/h5-6,12H,1-4H3. The van der Waals surface area contributed by atoms with Crippen molar-refractivity contribution in [3.8, 4) is 6.07 Å². The quantitative estimate of drug-likeness (QED) is 0.716. The van der Waals surface area contributed by atoms with Crippen LogP contribution in [-0.4, -0.2) is 5.97 Å². The van der Waals surface area contributed by atoms with Crippen LogP contribution in [0.3, 0.4) is 0 Å². The predicted molar refractivity (Wildman–Crippen MR) is 60.8 cm³/mol. The van der Waals surface area contributed by atoms with E-state index in [1.165, 1.54) is 6.92 Å². The minimum atomic E-state index is -0.807. The average Bonchev–Trinajstić information content (AvgIpc) is 2.13. The van der Waals surface area contributed by atoms with Gasteiger partial charge in [0, 0.05) is 12.5 Å². The summed E-state index contributed by atoms with van der Waals surface area (Å²) in [6.45, 7) is 7.15. The number of ether oxygens (including phenoxy) is 1. The number of nitriles is 1. The average molecular weight is 217 g/mol. The molecule has 0 N–H and O–H groups in total. The summed E-state index contributed by atoms with van der Waals surface area (Å²) in [4.78, 5) is 10.9. The molecule has 0 amide bonds. The number of hydrogen-bond donors (Lipinski definition) is 0. The molecule has 1 unspecified atom stereocenters. The first-order valence-corrected chi connectivity index (χ1v) is 5.10. The van der Waals surface area contributed by atoms with E-state index in [1.807, 2.05) is 39.0 Å². The Kier molecular flexibility index (Phi) is 3.68. The van der Waals surface area contributed by atoms with Crippen molar-refractivity contribution in [1.82, 2.24) is 0 Å². The minimum absolute atomic E-state index is 0.439. The second kappa shape index (κ2) is 4.80. The third-order valence-corrected chi connectivity index (χ3v) is 2.40. The van der Waals surface area contributed by atoms with Gasteiger partial charge < -0.3 is 4.74 Å². The van der Waals surface area contributed by atoms with Crippen molar-refractivity contribution >= 4 is 5.97 Å². The Bertz CT molecular complexity index is 434. The summed E-state index contributed by atoms with van der Waals surface area (Å²) in [7, 11) is 0. The zero-order valence-corrected chi connectivity index (χ0v) is 10.00. The van der Waals surface area contributed by atoms with Gasteiger partial charge in [0.25, 0.3) is 0 Å². The summed E-state index contributed by atoms with van der Waals surface area (Å²) in [6.07, 6.45) is -0.807. The van der Waals surface area contributed by atoms with E-state index in [9.17, 15) is 4.79 Å². The Balaban J connectivity index is 3.21. The Morgan fingerprint density at radius 3 is 2.19 bits per heavy atom. The number of aryl methyl sites for hydroxylation is 3. The number of carbonyl (C=O) groups excluding carboxylic acids is 1. The highest BCUT2D eigenvalue weighted by molar-refractivity contribution is 5.67. The Morgan fingerprint density at radius 2 is 1.81 bits per heavy atom. The van der Waals surface area contributed by atoms with Crippen molar-refractivity contribution in [2.75, 3.05) is 0 Å². The van der Waals surface area contributed by atoms with Gasteiger partial charge in [0.1, 0.15) is 6.07 Å². The molecule has 0 saturated carbocycles. The van der Waals surface area contributed by atoms with Gasteiger partial charge in [-0.05, 0) is 31.9 Å².